The molecule has 0 amide bonds. The van der Waals surface area contributed by atoms with E-state index in [1.165, 1.54) is 11.1 Å². The van der Waals surface area contributed by atoms with Crippen LogP contribution in [0.4, 0.5) is 0 Å². The summed E-state index contributed by atoms with van der Waals surface area (Å²) in [4.78, 5) is 4.18. The standard InChI is InChI=1S/C15H19N3O/c1-10-4-5-11(2)14(6-10)15(18-16)12-7-13(19-3)9-17-8-12/h4-9,15,18H,16H2,1-3H3. The van der Waals surface area contributed by atoms with E-state index in [9.17, 15) is 0 Å². The predicted molar refractivity (Wildman–Crippen MR) is 75.9 cm³/mol. The molecule has 0 aliphatic carbocycles. The summed E-state index contributed by atoms with van der Waals surface area (Å²) in [5.74, 6) is 6.45. The van der Waals surface area contributed by atoms with Gasteiger partial charge in [-0.05, 0) is 36.6 Å². The van der Waals surface area contributed by atoms with Crippen LogP contribution in [0.25, 0.3) is 0 Å². The molecule has 1 atom stereocenters. The first-order valence-corrected chi connectivity index (χ1v) is 6.18. The van der Waals surface area contributed by atoms with E-state index >= 15 is 0 Å². The lowest BCUT2D eigenvalue weighted by atomic mass is 9.95. The summed E-state index contributed by atoms with van der Waals surface area (Å²) in [5, 5.41) is 0. The van der Waals surface area contributed by atoms with Crippen molar-refractivity contribution in [1.29, 1.82) is 0 Å². The third-order valence-corrected chi connectivity index (χ3v) is 3.22. The van der Waals surface area contributed by atoms with E-state index in [-0.39, 0.29) is 6.04 Å². The molecule has 1 aromatic carbocycles. The van der Waals surface area contributed by atoms with Gasteiger partial charge in [-0.1, -0.05) is 23.8 Å². The fraction of sp³-hybridized carbons (Fsp3) is 0.267. The van der Waals surface area contributed by atoms with Gasteiger partial charge in [0.05, 0.1) is 19.3 Å². The summed E-state index contributed by atoms with van der Waals surface area (Å²) in [7, 11) is 1.63. The second-order valence-corrected chi connectivity index (χ2v) is 4.62. The molecule has 3 N–H and O–H groups in total. The maximum absolute atomic E-state index is 5.73. The first kappa shape index (κ1) is 13.5. The molecule has 0 bridgehead atoms. The van der Waals surface area contributed by atoms with Crippen LogP contribution in [0.5, 0.6) is 5.75 Å². The van der Waals surface area contributed by atoms with Crippen molar-refractivity contribution in [2.45, 2.75) is 19.9 Å². The van der Waals surface area contributed by atoms with Crippen molar-refractivity contribution < 1.29 is 4.74 Å². The van der Waals surface area contributed by atoms with E-state index in [0.29, 0.717) is 0 Å². The molecule has 0 aliphatic heterocycles. The second kappa shape index (κ2) is 5.82. The van der Waals surface area contributed by atoms with Gasteiger partial charge in [0.1, 0.15) is 5.75 Å². The van der Waals surface area contributed by atoms with Gasteiger partial charge in [0, 0.05) is 6.20 Å². The predicted octanol–water partition coefficient (Wildman–Crippen LogP) is 2.26. The highest BCUT2D eigenvalue weighted by molar-refractivity contribution is 5.39. The molecule has 0 saturated heterocycles. The molecule has 1 unspecified atom stereocenters. The highest BCUT2D eigenvalue weighted by atomic mass is 16.5. The molecule has 1 heterocycles. The zero-order valence-corrected chi connectivity index (χ0v) is 11.5. The SMILES string of the molecule is COc1cncc(C(NN)c2cc(C)ccc2C)c1. The molecule has 19 heavy (non-hydrogen) atoms. The van der Waals surface area contributed by atoms with Crippen molar-refractivity contribution in [2.24, 2.45) is 5.84 Å². The van der Waals surface area contributed by atoms with Crippen molar-refractivity contribution in [3.63, 3.8) is 0 Å². The average molecular weight is 257 g/mol. The van der Waals surface area contributed by atoms with Gasteiger partial charge in [0.2, 0.25) is 0 Å². The van der Waals surface area contributed by atoms with Crippen LogP contribution in [-0.2, 0) is 0 Å². The minimum absolute atomic E-state index is 0.0949. The fourth-order valence-corrected chi connectivity index (χ4v) is 2.14. The van der Waals surface area contributed by atoms with E-state index < -0.39 is 0 Å². The van der Waals surface area contributed by atoms with Crippen LogP contribution in [0.2, 0.25) is 0 Å². The Labute approximate surface area is 113 Å². The number of ether oxygens (including phenoxy) is 1. The van der Waals surface area contributed by atoms with Gasteiger partial charge < -0.3 is 4.74 Å². The van der Waals surface area contributed by atoms with Crippen LogP contribution >= 0.6 is 0 Å². The van der Waals surface area contributed by atoms with Gasteiger partial charge in [-0.3, -0.25) is 10.8 Å². The molecule has 0 spiro atoms. The number of hydrogen-bond acceptors (Lipinski definition) is 4. The minimum Gasteiger partial charge on any atom is -0.495 e. The highest BCUT2D eigenvalue weighted by Crippen LogP contribution is 2.26. The monoisotopic (exact) mass is 257 g/mol. The van der Waals surface area contributed by atoms with Crippen LogP contribution in [-0.4, -0.2) is 12.1 Å². The molecule has 4 heteroatoms. The molecular formula is C15H19N3O. The van der Waals surface area contributed by atoms with E-state index in [0.717, 1.165) is 16.9 Å². The Morgan fingerprint density at radius 1 is 1.21 bits per heavy atom. The molecule has 0 aliphatic rings. The second-order valence-electron chi connectivity index (χ2n) is 4.62. The molecule has 0 saturated carbocycles. The molecule has 2 aromatic rings. The van der Waals surface area contributed by atoms with Crippen LogP contribution in [0.3, 0.4) is 0 Å². The van der Waals surface area contributed by atoms with Crippen molar-refractivity contribution in [3.8, 4) is 5.75 Å². The quantitative estimate of drug-likeness (QED) is 0.651. The highest BCUT2D eigenvalue weighted by Gasteiger charge is 2.15. The Morgan fingerprint density at radius 3 is 2.68 bits per heavy atom. The molecule has 4 nitrogen and oxygen atoms in total. The summed E-state index contributed by atoms with van der Waals surface area (Å²) < 4.78 is 5.21. The minimum atomic E-state index is -0.0949. The molecule has 100 valence electrons. The number of rotatable bonds is 4. The molecule has 0 radical (unpaired) electrons. The Kier molecular flexibility index (Phi) is 4.14. The normalized spacial score (nSPS) is 12.2. The Hall–Kier alpha value is -1.91. The van der Waals surface area contributed by atoms with Gasteiger partial charge in [0.15, 0.2) is 0 Å². The number of aryl methyl sites for hydroxylation is 2. The fourth-order valence-electron chi connectivity index (χ4n) is 2.14. The van der Waals surface area contributed by atoms with Crippen LogP contribution in [0.1, 0.15) is 28.3 Å². The molecule has 2 rings (SSSR count). The topological polar surface area (TPSA) is 60.2 Å². The van der Waals surface area contributed by atoms with E-state index in [4.69, 9.17) is 10.6 Å². The molecular weight excluding hydrogens is 238 g/mol. The van der Waals surface area contributed by atoms with Crippen molar-refractivity contribution in [2.75, 3.05) is 7.11 Å². The maximum atomic E-state index is 5.73. The molecule has 0 fully saturated rings. The largest absolute Gasteiger partial charge is 0.495 e. The number of nitrogens with zero attached hydrogens (tertiary/aromatic N) is 1. The summed E-state index contributed by atoms with van der Waals surface area (Å²) in [6, 6.07) is 8.18. The summed E-state index contributed by atoms with van der Waals surface area (Å²) in [6.45, 7) is 4.15. The first-order valence-electron chi connectivity index (χ1n) is 6.18. The number of nitrogens with one attached hydrogen (secondary N) is 1. The van der Waals surface area contributed by atoms with E-state index in [2.05, 4.69) is 42.5 Å². The van der Waals surface area contributed by atoms with Crippen LogP contribution < -0.4 is 16.0 Å². The van der Waals surface area contributed by atoms with Gasteiger partial charge >= 0.3 is 0 Å². The third kappa shape index (κ3) is 2.92. The van der Waals surface area contributed by atoms with Gasteiger partial charge in [-0.2, -0.15) is 0 Å². The van der Waals surface area contributed by atoms with Crippen LogP contribution in [0.15, 0.2) is 36.7 Å². The number of nitrogens with two attached hydrogens (primary N) is 1. The summed E-state index contributed by atoms with van der Waals surface area (Å²) >= 11 is 0. The van der Waals surface area contributed by atoms with Gasteiger partial charge in [-0.25, -0.2) is 5.43 Å². The third-order valence-electron chi connectivity index (χ3n) is 3.22. The van der Waals surface area contributed by atoms with E-state index in [1.54, 1.807) is 19.5 Å². The van der Waals surface area contributed by atoms with Crippen LogP contribution in [0, 0.1) is 13.8 Å². The summed E-state index contributed by atoms with van der Waals surface area (Å²) in [5.41, 5.74) is 7.39. The number of hydrazine groups is 1. The lowest BCUT2D eigenvalue weighted by Gasteiger charge is -2.19. The van der Waals surface area contributed by atoms with Gasteiger partial charge in [-0.15, -0.1) is 0 Å². The van der Waals surface area contributed by atoms with Gasteiger partial charge in [0.25, 0.3) is 0 Å². The Balaban J connectivity index is 2.46. The van der Waals surface area contributed by atoms with E-state index in [1.807, 2.05) is 6.07 Å². The maximum Gasteiger partial charge on any atom is 0.137 e. The number of hydrogen-bond donors (Lipinski definition) is 2. The Bertz CT molecular complexity index is 569. The molecule has 1 aromatic heterocycles. The van der Waals surface area contributed by atoms with Crippen molar-refractivity contribution in [3.05, 3.63) is 58.9 Å². The zero-order chi connectivity index (χ0) is 13.8. The number of aromatic nitrogens is 1. The lowest BCUT2D eigenvalue weighted by molar-refractivity contribution is 0.411. The smallest absolute Gasteiger partial charge is 0.137 e. The zero-order valence-electron chi connectivity index (χ0n) is 11.5. The van der Waals surface area contributed by atoms with Crippen molar-refractivity contribution in [1.82, 2.24) is 10.4 Å². The summed E-state index contributed by atoms with van der Waals surface area (Å²) in [6.07, 6.45) is 3.48. The lowest BCUT2D eigenvalue weighted by Crippen LogP contribution is -2.29. The van der Waals surface area contributed by atoms with Crippen molar-refractivity contribution >= 4 is 0 Å². The number of benzene rings is 1. The number of methoxy groups -OCH3 is 1. The first-order chi connectivity index (χ1) is 9.15. The Morgan fingerprint density at radius 2 is 2.00 bits per heavy atom. The average Bonchev–Trinajstić information content (AvgIpc) is 2.44. The number of pyridine rings is 1.